The molecule has 1 aromatic heterocycles. The molecule has 0 bridgehead atoms. The Kier molecular flexibility index (Phi) is 7.51. The number of hydrogen-bond acceptors (Lipinski definition) is 6. The number of benzene rings is 2. The molecule has 34 heavy (non-hydrogen) atoms. The number of hydrogen-bond donors (Lipinski definition) is 1. The Morgan fingerprint density at radius 2 is 1.88 bits per heavy atom. The van der Waals surface area contributed by atoms with Gasteiger partial charge in [-0.05, 0) is 30.7 Å². The second kappa shape index (κ2) is 10.9. The van der Waals surface area contributed by atoms with Gasteiger partial charge in [0.25, 0.3) is 5.56 Å². The highest BCUT2D eigenvalue weighted by Crippen LogP contribution is 2.21. The van der Waals surface area contributed by atoms with Crippen LogP contribution in [-0.2, 0) is 11.2 Å². The van der Waals surface area contributed by atoms with Crippen molar-refractivity contribution in [1.29, 1.82) is 0 Å². The summed E-state index contributed by atoms with van der Waals surface area (Å²) in [5.74, 6) is 0.737. The van der Waals surface area contributed by atoms with Crippen molar-refractivity contribution in [1.82, 2.24) is 20.1 Å². The molecule has 0 radical (unpaired) electrons. The molecule has 1 aliphatic rings. The summed E-state index contributed by atoms with van der Waals surface area (Å²) in [4.78, 5) is 31.6. The first kappa shape index (κ1) is 23.4. The lowest BCUT2D eigenvalue weighted by atomic mass is 10.2. The van der Waals surface area contributed by atoms with E-state index in [1.54, 1.807) is 29.2 Å². The summed E-state index contributed by atoms with van der Waals surface area (Å²) in [6.45, 7) is 4.76. The molecule has 0 spiro atoms. The molecule has 2 aromatic carbocycles. The Bertz CT molecular complexity index is 1190. The summed E-state index contributed by atoms with van der Waals surface area (Å²) in [5.41, 5.74) is 1.12. The first-order valence-corrected chi connectivity index (χ1v) is 11.5. The minimum atomic E-state index is -0.359. The molecule has 4 rings (SSSR count). The van der Waals surface area contributed by atoms with Gasteiger partial charge in [0.05, 0.1) is 12.3 Å². The number of aromatic amines is 1. The van der Waals surface area contributed by atoms with Crippen LogP contribution >= 0.6 is 0 Å². The van der Waals surface area contributed by atoms with Crippen LogP contribution in [0.15, 0.2) is 53.3 Å². The molecule has 1 N–H and O–H groups in total. The van der Waals surface area contributed by atoms with Crippen LogP contribution in [0.25, 0.3) is 11.4 Å². The first-order valence-electron chi connectivity index (χ1n) is 11.5. The second-order valence-corrected chi connectivity index (χ2v) is 8.14. The summed E-state index contributed by atoms with van der Waals surface area (Å²) in [5, 5.41) is 8.21. The van der Waals surface area contributed by atoms with E-state index in [9.17, 15) is 14.0 Å². The first-order chi connectivity index (χ1) is 16.5. The SMILES string of the molecule is CCCOc1cccc(-c2nnc(CCC(=O)N3CCN(c4ccccc4F)CC3)c(=O)[nH]2)c1. The lowest BCUT2D eigenvalue weighted by Crippen LogP contribution is -2.49. The van der Waals surface area contributed by atoms with Gasteiger partial charge in [-0.15, -0.1) is 10.2 Å². The lowest BCUT2D eigenvalue weighted by molar-refractivity contribution is -0.131. The molecule has 0 unspecified atom stereocenters. The number of anilines is 1. The number of ether oxygens (including phenoxy) is 1. The van der Waals surface area contributed by atoms with Gasteiger partial charge in [0.2, 0.25) is 5.91 Å². The van der Waals surface area contributed by atoms with Crippen molar-refractivity contribution in [3.8, 4) is 17.1 Å². The molecule has 178 valence electrons. The molecule has 1 amide bonds. The smallest absolute Gasteiger partial charge is 0.273 e. The molecule has 0 atom stereocenters. The fraction of sp³-hybridized carbons (Fsp3) is 0.360. The minimum absolute atomic E-state index is 0.0563. The number of para-hydroxylation sites is 1. The second-order valence-electron chi connectivity index (χ2n) is 8.14. The van der Waals surface area contributed by atoms with E-state index in [0.29, 0.717) is 55.6 Å². The third-order valence-electron chi connectivity index (χ3n) is 5.75. The Labute approximate surface area is 197 Å². The number of piperazine rings is 1. The van der Waals surface area contributed by atoms with E-state index >= 15 is 0 Å². The number of nitrogens with one attached hydrogen (secondary N) is 1. The average Bonchev–Trinajstić information content (AvgIpc) is 2.87. The van der Waals surface area contributed by atoms with Gasteiger partial charge in [-0.3, -0.25) is 9.59 Å². The minimum Gasteiger partial charge on any atom is -0.494 e. The monoisotopic (exact) mass is 465 g/mol. The van der Waals surface area contributed by atoms with Gasteiger partial charge in [0.1, 0.15) is 17.3 Å². The highest BCUT2D eigenvalue weighted by Gasteiger charge is 2.23. The molecule has 9 heteroatoms. The fourth-order valence-electron chi connectivity index (χ4n) is 3.90. The van der Waals surface area contributed by atoms with E-state index < -0.39 is 0 Å². The molecule has 2 heterocycles. The number of carbonyl (C=O) groups excluding carboxylic acids is 1. The van der Waals surface area contributed by atoms with Crippen LogP contribution in [0, 0.1) is 5.82 Å². The predicted octanol–water partition coefficient (Wildman–Crippen LogP) is 3.04. The van der Waals surface area contributed by atoms with Gasteiger partial charge < -0.3 is 19.5 Å². The van der Waals surface area contributed by atoms with Crippen LogP contribution in [0.5, 0.6) is 5.75 Å². The summed E-state index contributed by atoms with van der Waals surface area (Å²) in [6, 6.07) is 14.0. The average molecular weight is 466 g/mol. The fourth-order valence-corrected chi connectivity index (χ4v) is 3.90. The maximum absolute atomic E-state index is 14.0. The maximum atomic E-state index is 14.0. The molecule has 0 saturated carbocycles. The van der Waals surface area contributed by atoms with Crippen molar-refractivity contribution >= 4 is 11.6 Å². The zero-order valence-corrected chi connectivity index (χ0v) is 19.2. The van der Waals surface area contributed by atoms with Crippen molar-refractivity contribution in [3.63, 3.8) is 0 Å². The number of rotatable bonds is 8. The normalized spacial score (nSPS) is 13.7. The van der Waals surface area contributed by atoms with Crippen molar-refractivity contribution in [2.24, 2.45) is 0 Å². The van der Waals surface area contributed by atoms with Gasteiger partial charge in [-0.1, -0.05) is 31.2 Å². The zero-order chi connectivity index (χ0) is 23.9. The molecule has 1 saturated heterocycles. The molecule has 1 fully saturated rings. The molecular formula is C25H28FN5O3. The van der Waals surface area contributed by atoms with Crippen LogP contribution in [0.4, 0.5) is 10.1 Å². The Balaban J connectivity index is 1.32. The highest BCUT2D eigenvalue weighted by atomic mass is 19.1. The van der Waals surface area contributed by atoms with Crippen molar-refractivity contribution in [2.45, 2.75) is 26.2 Å². The van der Waals surface area contributed by atoms with E-state index in [4.69, 9.17) is 4.74 Å². The van der Waals surface area contributed by atoms with E-state index in [2.05, 4.69) is 15.2 Å². The number of aromatic nitrogens is 3. The largest absolute Gasteiger partial charge is 0.494 e. The number of amides is 1. The van der Waals surface area contributed by atoms with Gasteiger partial charge >= 0.3 is 0 Å². The van der Waals surface area contributed by atoms with Gasteiger partial charge in [0, 0.05) is 44.6 Å². The summed E-state index contributed by atoms with van der Waals surface area (Å²) in [6.07, 6.45) is 1.27. The van der Waals surface area contributed by atoms with Crippen LogP contribution in [0.2, 0.25) is 0 Å². The molecule has 8 nitrogen and oxygen atoms in total. The third-order valence-corrected chi connectivity index (χ3v) is 5.75. The highest BCUT2D eigenvalue weighted by molar-refractivity contribution is 5.76. The van der Waals surface area contributed by atoms with E-state index in [1.165, 1.54) is 6.07 Å². The van der Waals surface area contributed by atoms with Crippen molar-refractivity contribution < 1.29 is 13.9 Å². The summed E-state index contributed by atoms with van der Waals surface area (Å²) in [7, 11) is 0. The van der Waals surface area contributed by atoms with E-state index in [0.717, 1.165) is 6.42 Å². The van der Waals surface area contributed by atoms with E-state index in [-0.39, 0.29) is 35.8 Å². The standard InChI is InChI=1S/C25H28FN5O3/c1-2-16-34-19-7-5-6-18(17-19)24-27-25(33)21(28-29-24)10-11-23(32)31-14-12-30(13-15-31)22-9-4-3-8-20(22)26/h3-9,17H,2,10-16H2,1H3,(H,27,29,33). The number of nitrogens with zero attached hydrogens (tertiary/aromatic N) is 4. The molecule has 0 aliphatic carbocycles. The quantitative estimate of drug-likeness (QED) is 0.550. The Morgan fingerprint density at radius 3 is 2.62 bits per heavy atom. The number of aryl methyl sites for hydroxylation is 1. The topological polar surface area (TPSA) is 91.4 Å². The van der Waals surface area contributed by atoms with Crippen molar-refractivity contribution in [2.75, 3.05) is 37.7 Å². The van der Waals surface area contributed by atoms with Crippen LogP contribution in [0.1, 0.15) is 25.5 Å². The third kappa shape index (κ3) is 5.59. The molecular weight excluding hydrogens is 437 g/mol. The number of H-pyrrole nitrogens is 1. The van der Waals surface area contributed by atoms with Gasteiger partial charge in [0.15, 0.2) is 5.82 Å². The Morgan fingerprint density at radius 1 is 1.09 bits per heavy atom. The molecule has 3 aromatic rings. The van der Waals surface area contributed by atoms with Crippen LogP contribution in [-0.4, -0.2) is 58.8 Å². The number of carbonyl (C=O) groups is 1. The molecule has 1 aliphatic heterocycles. The Hall–Kier alpha value is -3.75. The summed E-state index contributed by atoms with van der Waals surface area (Å²) >= 11 is 0. The maximum Gasteiger partial charge on any atom is 0.273 e. The summed E-state index contributed by atoms with van der Waals surface area (Å²) < 4.78 is 19.6. The van der Waals surface area contributed by atoms with E-state index in [1.807, 2.05) is 30.0 Å². The predicted molar refractivity (Wildman–Crippen MR) is 127 cm³/mol. The lowest BCUT2D eigenvalue weighted by Gasteiger charge is -2.36. The van der Waals surface area contributed by atoms with Crippen LogP contribution in [0.3, 0.4) is 0 Å². The zero-order valence-electron chi connectivity index (χ0n) is 19.2. The van der Waals surface area contributed by atoms with Gasteiger partial charge in [-0.2, -0.15) is 0 Å². The number of halogens is 1. The van der Waals surface area contributed by atoms with Crippen LogP contribution < -0.4 is 15.2 Å². The van der Waals surface area contributed by atoms with Gasteiger partial charge in [-0.25, -0.2) is 4.39 Å². The van der Waals surface area contributed by atoms with Crippen molar-refractivity contribution in [3.05, 3.63) is 70.4 Å².